The summed E-state index contributed by atoms with van der Waals surface area (Å²) in [4.78, 5) is 2.31. The number of hydrogen-bond acceptors (Lipinski definition) is 4. The molecule has 1 aliphatic rings. The van der Waals surface area contributed by atoms with E-state index in [0.29, 0.717) is 6.04 Å². The summed E-state index contributed by atoms with van der Waals surface area (Å²) in [5.41, 5.74) is 1.23. The molecule has 0 aromatic carbocycles. The highest BCUT2D eigenvalue weighted by molar-refractivity contribution is 5.20. The average Bonchev–Trinajstić information content (AvgIpc) is 2.90. The smallest absolute Gasteiger partial charge is 0.120 e. The second-order valence-corrected chi connectivity index (χ2v) is 4.78. The van der Waals surface area contributed by atoms with Gasteiger partial charge < -0.3 is 14.5 Å². The number of furan rings is 1. The molecule has 1 saturated heterocycles. The first kappa shape index (κ1) is 12.6. The van der Waals surface area contributed by atoms with E-state index in [1.54, 1.807) is 0 Å². The van der Waals surface area contributed by atoms with E-state index in [4.69, 9.17) is 9.15 Å². The van der Waals surface area contributed by atoms with Gasteiger partial charge in [-0.05, 0) is 39.1 Å². The zero-order valence-corrected chi connectivity index (χ0v) is 11.0. The summed E-state index contributed by atoms with van der Waals surface area (Å²) in [5, 5.41) is 3.12. The summed E-state index contributed by atoms with van der Waals surface area (Å²) in [6.45, 7) is 5.48. The van der Waals surface area contributed by atoms with Crippen LogP contribution in [0, 0.1) is 6.92 Å². The molecule has 2 heterocycles. The number of ether oxygens (including phenoxy) is 1. The molecule has 0 spiro atoms. The van der Waals surface area contributed by atoms with Crippen LogP contribution in [0.4, 0.5) is 0 Å². The van der Waals surface area contributed by atoms with Gasteiger partial charge in [0, 0.05) is 12.6 Å². The molecule has 0 aliphatic carbocycles. The SMILES string of the molecule is CNCc1oc(CN(C)C2CCOC2)cc1C. The number of aryl methyl sites for hydroxylation is 1. The van der Waals surface area contributed by atoms with Gasteiger partial charge >= 0.3 is 0 Å². The Labute approximate surface area is 103 Å². The summed E-state index contributed by atoms with van der Waals surface area (Å²) >= 11 is 0. The lowest BCUT2D eigenvalue weighted by atomic mass is 10.2. The van der Waals surface area contributed by atoms with Crippen molar-refractivity contribution in [3.8, 4) is 0 Å². The van der Waals surface area contributed by atoms with Crippen LogP contribution in [-0.4, -0.2) is 38.3 Å². The van der Waals surface area contributed by atoms with Crippen LogP contribution in [0.2, 0.25) is 0 Å². The average molecular weight is 238 g/mol. The molecule has 1 unspecified atom stereocenters. The third-order valence-electron chi connectivity index (χ3n) is 3.34. The highest BCUT2D eigenvalue weighted by Crippen LogP contribution is 2.18. The fourth-order valence-electron chi connectivity index (χ4n) is 2.25. The zero-order valence-electron chi connectivity index (χ0n) is 11.0. The molecule has 1 aromatic heterocycles. The first-order chi connectivity index (χ1) is 8.20. The second-order valence-electron chi connectivity index (χ2n) is 4.78. The van der Waals surface area contributed by atoms with Crippen molar-refractivity contribution in [3.05, 3.63) is 23.2 Å². The molecule has 0 radical (unpaired) electrons. The van der Waals surface area contributed by atoms with Gasteiger partial charge in [0.2, 0.25) is 0 Å². The minimum atomic E-state index is 0.535. The summed E-state index contributed by atoms with van der Waals surface area (Å²) in [6.07, 6.45) is 1.12. The predicted molar refractivity (Wildman–Crippen MR) is 66.9 cm³/mol. The van der Waals surface area contributed by atoms with E-state index in [-0.39, 0.29) is 0 Å². The minimum Gasteiger partial charge on any atom is -0.463 e. The molecule has 96 valence electrons. The molecule has 1 atom stereocenters. The van der Waals surface area contributed by atoms with Gasteiger partial charge in [0.15, 0.2) is 0 Å². The summed E-state index contributed by atoms with van der Waals surface area (Å²) in [7, 11) is 4.07. The summed E-state index contributed by atoms with van der Waals surface area (Å²) < 4.78 is 11.2. The molecule has 1 aliphatic heterocycles. The lowest BCUT2D eigenvalue weighted by molar-refractivity contribution is 0.151. The van der Waals surface area contributed by atoms with Gasteiger partial charge in [-0.2, -0.15) is 0 Å². The fourth-order valence-corrected chi connectivity index (χ4v) is 2.25. The monoisotopic (exact) mass is 238 g/mol. The third kappa shape index (κ3) is 3.09. The fraction of sp³-hybridized carbons (Fsp3) is 0.692. The maximum Gasteiger partial charge on any atom is 0.120 e. The van der Waals surface area contributed by atoms with Crippen molar-refractivity contribution in [2.75, 3.05) is 27.3 Å². The van der Waals surface area contributed by atoms with E-state index >= 15 is 0 Å². The predicted octanol–water partition coefficient (Wildman–Crippen LogP) is 1.53. The third-order valence-corrected chi connectivity index (χ3v) is 3.34. The van der Waals surface area contributed by atoms with Crippen molar-refractivity contribution in [2.45, 2.75) is 32.5 Å². The van der Waals surface area contributed by atoms with Gasteiger partial charge in [0.05, 0.1) is 19.7 Å². The van der Waals surface area contributed by atoms with Gasteiger partial charge in [0.1, 0.15) is 11.5 Å². The maximum atomic E-state index is 5.84. The van der Waals surface area contributed by atoms with Gasteiger partial charge in [-0.3, -0.25) is 4.90 Å². The standard InChI is InChI=1S/C13H22N2O2/c1-10-6-12(17-13(10)7-14-2)8-15(3)11-4-5-16-9-11/h6,11,14H,4-5,7-9H2,1-3H3. The van der Waals surface area contributed by atoms with Crippen molar-refractivity contribution in [2.24, 2.45) is 0 Å². The Morgan fingerprint density at radius 3 is 3.00 bits per heavy atom. The van der Waals surface area contributed by atoms with Gasteiger partial charge in [-0.25, -0.2) is 0 Å². The highest BCUT2D eigenvalue weighted by atomic mass is 16.5. The van der Waals surface area contributed by atoms with Crippen molar-refractivity contribution in [3.63, 3.8) is 0 Å². The summed E-state index contributed by atoms with van der Waals surface area (Å²) in [6, 6.07) is 2.67. The van der Waals surface area contributed by atoms with Gasteiger partial charge in [-0.15, -0.1) is 0 Å². The Balaban J connectivity index is 1.95. The van der Waals surface area contributed by atoms with Crippen LogP contribution in [0.15, 0.2) is 10.5 Å². The van der Waals surface area contributed by atoms with Crippen LogP contribution in [0.5, 0.6) is 0 Å². The van der Waals surface area contributed by atoms with E-state index in [9.17, 15) is 0 Å². The Morgan fingerprint density at radius 1 is 1.53 bits per heavy atom. The number of hydrogen-bond donors (Lipinski definition) is 1. The normalized spacial score (nSPS) is 20.4. The zero-order chi connectivity index (χ0) is 12.3. The Morgan fingerprint density at radius 2 is 2.35 bits per heavy atom. The molecule has 4 nitrogen and oxygen atoms in total. The molecule has 4 heteroatoms. The first-order valence-corrected chi connectivity index (χ1v) is 6.21. The van der Waals surface area contributed by atoms with Gasteiger partial charge in [0.25, 0.3) is 0 Å². The molecule has 0 bridgehead atoms. The topological polar surface area (TPSA) is 37.6 Å². The molecule has 1 fully saturated rings. The molecule has 17 heavy (non-hydrogen) atoms. The van der Waals surface area contributed by atoms with E-state index < -0.39 is 0 Å². The van der Waals surface area contributed by atoms with Crippen LogP contribution in [0.1, 0.15) is 23.5 Å². The van der Waals surface area contributed by atoms with Crippen LogP contribution in [0.25, 0.3) is 0 Å². The molecule has 1 aromatic rings. The second kappa shape index (κ2) is 5.67. The highest BCUT2D eigenvalue weighted by Gasteiger charge is 2.21. The molecule has 0 saturated carbocycles. The van der Waals surface area contributed by atoms with Crippen LogP contribution < -0.4 is 5.32 Å². The van der Waals surface area contributed by atoms with Crippen molar-refractivity contribution in [1.29, 1.82) is 0 Å². The van der Waals surface area contributed by atoms with Gasteiger partial charge in [-0.1, -0.05) is 0 Å². The Hall–Kier alpha value is -0.840. The number of nitrogens with one attached hydrogen (secondary N) is 1. The number of rotatable bonds is 5. The lowest BCUT2D eigenvalue weighted by Crippen LogP contribution is -2.31. The molecular weight excluding hydrogens is 216 g/mol. The first-order valence-electron chi connectivity index (χ1n) is 6.21. The molecule has 2 rings (SSSR count). The quantitative estimate of drug-likeness (QED) is 0.844. The maximum absolute atomic E-state index is 5.84. The number of likely N-dealkylation sites (N-methyl/N-ethyl adjacent to an activating group) is 1. The van der Waals surface area contributed by atoms with Crippen molar-refractivity contribution >= 4 is 0 Å². The number of nitrogens with zero attached hydrogens (tertiary/aromatic N) is 1. The molecule has 1 N–H and O–H groups in total. The molecular formula is C13H22N2O2. The van der Waals surface area contributed by atoms with Crippen molar-refractivity contribution in [1.82, 2.24) is 10.2 Å². The van der Waals surface area contributed by atoms with E-state index in [1.165, 1.54) is 5.56 Å². The van der Waals surface area contributed by atoms with E-state index in [2.05, 4.69) is 30.3 Å². The molecule has 0 amide bonds. The summed E-state index contributed by atoms with van der Waals surface area (Å²) in [5.74, 6) is 2.08. The largest absolute Gasteiger partial charge is 0.463 e. The lowest BCUT2D eigenvalue weighted by Gasteiger charge is -2.21. The van der Waals surface area contributed by atoms with E-state index in [1.807, 2.05) is 7.05 Å². The van der Waals surface area contributed by atoms with Crippen LogP contribution >= 0.6 is 0 Å². The van der Waals surface area contributed by atoms with Crippen LogP contribution in [-0.2, 0) is 17.8 Å². The minimum absolute atomic E-state index is 0.535. The van der Waals surface area contributed by atoms with Crippen LogP contribution in [0.3, 0.4) is 0 Å². The van der Waals surface area contributed by atoms with Crippen molar-refractivity contribution < 1.29 is 9.15 Å². The Kier molecular flexibility index (Phi) is 4.20. The van der Waals surface area contributed by atoms with E-state index in [0.717, 1.165) is 44.2 Å². The Bertz CT molecular complexity index is 356.